The van der Waals surface area contributed by atoms with E-state index in [0.29, 0.717) is 17.8 Å². The van der Waals surface area contributed by atoms with Crippen LogP contribution in [0.1, 0.15) is 37.7 Å². The molecule has 1 heterocycles. The van der Waals surface area contributed by atoms with Gasteiger partial charge in [0.25, 0.3) is 0 Å². The van der Waals surface area contributed by atoms with Gasteiger partial charge in [-0.05, 0) is 33.4 Å². The molecule has 2 rings (SSSR count). The fourth-order valence-electron chi connectivity index (χ4n) is 2.70. The molecule has 5 nitrogen and oxygen atoms in total. The summed E-state index contributed by atoms with van der Waals surface area (Å²) in [4.78, 5) is 10.9. The molecule has 0 spiro atoms. The lowest BCUT2D eigenvalue weighted by Crippen LogP contribution is -2.39. The van der Waals surface area contributed by atoms with E-state index in [1.54, 1.807) is 6.07 Å². The number of likely N-dealkylation sites (N-methyl/N-ethyl adjacent to an activating group) is 1. The highest BCUT2D eigenvalue weighted by Gasteiger charge is 2.29. The number of nitrogens with one attached hydrogen (secondary N) is 1. The van der Waals surface area contributed by atoms with Crippen molar-refractivity contribution in [3.8, 4) is 6.07 Å². The van der Waals surface area contributed by atoms with Crippen molar-refractivity contribution in [2.45, 2.75) is 44.7 Å². The van der Waals surface area contributed by atoms with E-state index in [1.807, 2.05) is 6.92 Å². The van der Waals surface area contributed by atoms with Crippen LogP contribution in [0.3, 0.4) is 0 Å². The number of hydrogen-bond donors (Lipinski definition) is 1. The Balaban J connectivity index is 2.16. The average Bonchev–Trinajstić information content (AvgIpc) is 2.86. The van der Waals surface area contributed by atoms with Gasteiger partial charge in [0, 0.05) is 24.6 Å². The Morgan fingerprint density at radius 3 is 2.84 bits per heavy atom. The summed E-state index contributed by atoms with van der Waals surface area (Å²) in [7, 11) is 4.23. The van der Waals surface area contributed by atoms with E-state index >= 15 is 0 Å². The van der Waals surface area contributed by atoms with Crippen LogP contribution in [0.25, 0.3) is 0 Å². The molecule has 0 amide bonds. The summed E-state index contributed by atoms with van der Waals surface area (Å²) in [5.41, 5.74) is 0.439. The largest absolute Gasteiger partial charge is 0.366 e. The van der Waals surface area contributed by atoms with Crippen molar-refractivity contribution in [3.05, 3.63) is 17.6 Å². The number of nitriles is 1. The van der Waals surface area contributed by atoms with Crippen LogP contribution < -0.4 is 5.32 Å². The monoisotopic (exact) mass is 259 g/mol. The summed E-state index contributed by atoms with van der Waals surface area (Å²) in [6.45, 7) is 2.00. The third-order valence-corrected chi connectivity index (χ3v) is 3.68. The highest BCUT2D eigenvalue weighted by molar-refractivity contribution is 5.41. The molecule has 0 aromatic carbocycles. The molecule has 5 heteroatoms. The Labute approximate surface area is 114 Å². The number of anilines is 1. The molecule has 1 fully saturated rings. The van der Waals surface area contributed by atoms with E-state index in [2.05, 4.69) is 40.3 Å². The summed E-state index contributed by atoms with van der Waals surface area (Å²) in [6.07, 6.45) is 4.33. The topological polar surface area (TPSA) is 64.8 Å². The molecule has 0 radical (unpaired) electrons. The van der Waals surface area contributed by atoms with Crippen LogP contribution in [0.15, 0.2) is 6.07 Å². The minimum atomic E-state index is 0.404. The molecular weight excluding hydrogens is 238 g/mol. The molecule has 0 saturated heterocycles. The average molecular weight is 259 g/mol. The predicted molar refractivity (Wildman–Crippen MR) is 74.9 cm³/mol. The van der Waals surface area contributed by atoms with E-state index in [1.165, 1.54) is 12.8 Å². The molecule has 19 heavy (non-hydrogen) atoms. The van der Waals surface area contributed by atoms with Crippen molar-refractivity contribution in [3.63, 3.8) is 0 Å². The highest BCUT2D eigenvalue weighted by atomic mass is 15.2. The number of aromatic nitrogens is 2. The second kappa shape index (κ2) is 5.98. The summed E-state index contributed by atoms with van der Waals surface area (Å²) in [6, 6.07) is 4.78. The molecular formula is C14H21N5. The van der Waals surface area contributed by atoms with Gasteiger partial charge in [-0.15, -0.1) is 0 Å². The SMILES string of the molecule is CCc1nc(C#N)cc(N[C@@H]2CCC[C@H]2N(C)C)n1. The highest BCUT2D eigenvalue weighted by Crippen LogP contribution is 2.25. The second-order valence-corrected chi connectivity index (χ2v) is 5.23. The van der Waals surface area contributed by atoms with Gasteiger partial charge < -0.3 is 10.2 Å². The van der Waals surface area contributed by atoms with Gasteiger partial charge in [-0.25, -0.2) is 9.97 Å². The van der Waals surface area contributed by atoms with E-state index < -0.39 is 0 Å². The lowest BCUT2D eigenvalue weighted by Gasteiger charge is -2.27. The standard InChI is InChI=1S/C14H21N5/c1-4-13-16-10(9-15)8-14(18-13)17-11-6-5-7-12(11)19(2)3/h8,11-12H,4-7H2,1-3H3,(H,16,17,18)/t11-,12-/m1/s1. The first kappa shape index (κ1) is 13.8. The zero-order chi connectivity index (χ0) is 13.8. The van der Waals surface area contributed by atoms with Crippen molar-refractivity contribution in [2.75, 3.05) is 19.4 Å². The summed E-state index contributed by atoms with van der Waals surface area (Å²) in [5, 5.41) is 12.5. The summed E-state index contributed by atoms with van der Waals surface area (Å²) < 4.78 is 0. The first-order valence-electron chi connectivity index (χ1n) is 6.85. The van der Waals surface area contributed by atoms with Crippen LogP contribution in [0, 0.1) is 11.3 Å². The van der Waals surface area contributed by atoms with Crippen LogP contribution in [0.5, 0.6) is 0 Å². The van der Waals surface area contributed by atoms with Gasteiger partial charge in [-0.1, -0.05) is 6.92 Å². The van der Waals surface area contributed by atoms with Gasteiger partial charge in [0.2, 0.25) is 0 Å². The molecule has 1 aliphatic rings. The van der Waals surface area contributed by atoms with Crippen LogP contribution >= 0.6 is 0 Å². The molecule has 102 valence electrons. The lowest BCUT2D eigenvalue weighted by atomic mass is 10.1. The molecule has 1 aromatic rings. The lowest BCUT2D eigenvalue weighted by molar-refractivity contribution is 0.285. The smallest absolute Gasteiger partial charge is 0.146 e. The summed E-state index contributed by atoms with van der Waals surface area (Å²) >= 11 is 0. The zero-order valence-corrected chi connectivity index (χ0v) is 11.8. The zero-order valence-electron chi connectivity index (χ0n) is 11.8. The molecule has 1 saturated carbocycles. The van der Waals surface area contributed by atoms with Crippen LogP contribution in [0.2, 0.25) is 0 Å². The molecule has 0 bridgehead atoms. The van der Waals surface area contributed by atoms with Gasteiger partial charge in [0.05, 0.1) is 0 Å². The van der Waals surface area contributed by atoms with Crippen LogP contribution in [0.4, 0.5) is 5.82 Å². The number of aryl methyl sites for hydroxylation is 1. The minimum absolute atomic E-state index is 0.404. The van der Waals surface area contributed by atoms with Gasteiger partial charge in [0.1, 0.15) is 23.4 Å². The third kappa shape index (κ3) is 3.21. The number of rotatable bonds is 4. The Morgan fingerprint density at radius 2 is 2.21 bits per heavy atom. The number of hydrogen-bond acceptors (Lipinski definition) is 5. The van der Waals surface area contributed by atoms with Crippen molar-refractivity contribution in [1.29, 1.82) is 5.26 Å². The van der Waals surface area contributed by atoms with E-state index in [-0.39, 0.29) is 0 Å². The Bertz CT molecular complexity index is 477. The second-order valence-electron chi connectivity index (χ2n) is 5.23. The van der Waals surface area contributed by atoms with Crippen molar-refractivity contribution in [2.24, 2.45) is 0 Å². The quantitative estimate of drug-likeness (QED) is 0.893. The van der Waals surface area contributed by atoms with Gasteiger partial charge in [-0.3, -0.25) is 0 Å². The Hall–Kier alpha value is -1.67. The Kier molecular flexibility index (Phi) is 4.33. The fourth-order valence-corrected chi connectivity index (χ4v) is 2.70. The molecule has 0 aliphatic heterocycles. The molecule has 2 atom stereocenters. The van der Waals surface area contributed by atoms with Crippen molar-refractivity contribution >= 4 is 5.82 Å². The number of nitrogens with zero attached hydrogens (tertiary/aromatic N) is 4. The van der Waals surface area contributed by atoms with Crippen LogP contribution in [-0.4, -0.2) is 41.0 Å². The Morgan fingerprint density at radius 1 is 1.42 bits per heavy atom. The van der Waals surface area contributed by atoms with Crippen LogP contribution in [-0.2, 0) is 6.42 Å². The van der Waals surface area contributed by atoms with Gasteiger partial charge >= 0.3 is 0 Å². The van der Waals surface area contributed by atoms with Gasteiger partial charge in [0.15, 0.2) is 0 Å². The van der Waals surface area contributed by atoms with Crippen molar-refractivity contribution < 1.29 is 0 Å². The van der Waals surface area contributed by atoms with E-state index in [4.69, 9.17) is 5.26 Å². The molecule has 0 unspecified atom stereocenters. The van der Waals surface area contributed by atoms with E-state index in [9.17, 15) is 0 Å². The van der Waals surface area contributed by atoms with Gasteiger partial charge in [-0.2, -0.15) is 5.26 Å². The maximum absolute atomic E-state index is 9.01. The van der Waals surface area contributed by atoms with E-state index in [0.717, 1.165) is 24.5 Å². The maximum atomic E-state index is 9.01. The predicted octanol–water partition coefficient (Wildman–Crippen LogP) is 1.81. The third-order valence-electron chi connectivity index (χ3n) is 3.68. The molecule has 1 N–H and O–H groups in total. The molecule has 1 aliphatic carbocycles. The first-order valence-corrected chi connectivity index (χ1v) is 6.85. The normalized spacial score (nSPS) is 22.5. The first-order chi connectivity index (χ1) is 9.13. The minimum Gasteiger partial charge on any atom is -0.366 e. The fraction of sp³-hybridized carbons (Fsp3) is 0.643. The summed E-state index contributed by atoms with van der Waals surface area (Å²) in [5.74, 6) is 1.50. The van der Waals surface area contributed by atoms with Crippen molar-refractivity contribution in [1.82, 2.24) is 14.9 Å². The maximum Gasteiger partial charge on any atom is 0.146 e. The molecule has 1 aromatic heterocycles.